The van der Waals surface area contributed by atoms with Crippen molar-refractivity contribution in [3.63, 3.8) is 0 Å². The summed E-state index contributed by atoms with van der Waals surface area (Å²) in [5.41, 5.74) is 7.29. The summed E-state index contributed by atoms with van der Waals surface area (Å²) in [5, 5.41) is 15.0. The van der Waals surface area contributed by atoms with Crippen LogP contribution in [0.5, 0.6) is 5.75 Å². The number of carbonyl (C=O) groups is 2. The van der Waals surface area contributed by atoms with Crippen LogP contribution in [0.25, 0.3) is 10.8 Å². The normalized spacial score (nSPS) is 12.6. The molecule has 0 atom stereocenters. The molecule has 1 aliphatic rings. The molecule has 0 amide bonds. The largest absolute Gasteiger partial charge is 0.465 e. The Hall–Kier alpha value is -4.40. The van der Waals surface area contributed by atoms with Gasteiger partial charge in [0.15, 0.2) is 5.96 Å². The molecular formula is C23H21N5O4. The number of methoxy groups -OCH3 is 1. The lowest BCUT2D eigenvalue weighted by molar-refractivity contribution is 0.0595. The summed E-state index contributed by atoms with van der Waals surface area (Å²) in [6, 6.07) is 14.9. The van der Waals surface area contributed by atoms with E-state index in [9.17, 15) is 9.59 Å². The van der Waals surface area contributed by atoms with Crippen LogP contribution < -0.4 is 21.1 Å². The number of esters is 2. The maximum Gasteiger partial charge on any atom is 0.343 e. The molecule has 0 spiro atoms. The Morgan fingerprint density at radius 2 is 1.81 bits per heavy atom. The van der Waals surface area contributed by atoms with Gasteiger partial charge in [0.2, 0.25) is 0 Å². The molecule has 1 heterocycles. The maximum atomic E-state index is 12.7. The molecule has 0 radical (unpaired) electrons. The number of fused-ring (bicyclic) bond motifs is 1. The van der Waals surface area contributed by atoms with Crippen molar-refractivity contribution in [1.29, 1.82) is 5.41 Å². The van der Waals surface area contributed by atoms with E-state index in [0.717, 1.165) is 18.8 Å². The number of rotatable bonds is 5. The zero-order valence-corrected chi connectivity index (χ0v) is 17.3. The van der Waals surface area contributed by atoms with Gasteiger partial charge in [-0.25, -0.2) is 9.59 Å². The number of hydrogen-bond donors (Lipinski definition) is 4. The summed E-state index contributed by atoms with van der Waals surface area (Å²) in [6.45, 7) is 1.51. The highest BCUT2D eigenvalue weighted by molar-refractivity contribution is 6.09. The fraction of sp³-hybridized carbons (Fsp3) is 0.130. The predicted molar refractivity (Wildman–Crippen MR) is 122 cm³/mol. The summed E-state index contributed by atoms with van der Waals surface area (Å²) in [5.74, 6) is -0.573. The van der Waals surface area contributed by atoms with E-state index in [4.69, 9.17) is 20.6 Å². The van der Waals surface area contributed by atoms with E-state index in [1.807, 2.05) is 0 Å². The standard InChI is InChI=1S/C23H21N5O4/c1-31-22(30)19-17-8-4-15(20(24)25)12-14(17)5-9-18(19)32-21(29)13-2-6-16(7-3-13)28-23-26-10-11-27-23/h2-9,12H,10-11H2,1H3,(H3,24,25)(H2,26,27,28). The molecule has 3 aromatic carbocycles. The topological polar surface area (TPSA) is 139 Å². The Morgan fingerprint density at radius 3 is 2.47 bits per heavy atom. The highest BCUT2D eigenvalue weighted by Crippen LogP contribution is 2.30. The molecule has 4 rings (SSSR count). The molecule has 0 fully saturated rings. The first-order valence-corrected chi connectivity index (χ1v) is 9.83. The Labute approximate surface area is 183 Å². The minimum absolute atomic E-state index is 0.0802. The quantitative estimate of drug-likeness (QED) is 0.211. The van der Waals surface area contributed by atoms with Gasteiger partial charge < -0.3 is 25.8 Å². The zero-order valence-electron chi connectivity index (χ0n) is 17.3. The molecule has 0 aromatic heterocycles. The molecule has 9 nitrogen and oxygen atoms in total. The smallest absolute Gasteiger partial charge is 0.343 e. The van der Waals surface area contributed by atoms with Gasteiger partial charge >= 0.3 is 11.9 Å². The van der Waals surface area contributed by atoms with E-state index in [1.165, 1.54) is 13.2 Å². The molecule has 9 heteroatoms. The molecule has 0 unspecified atom stereocenters. The van der Waals surface area contributed by atoms with Gasteiger partial charge in [-0.2, -0.15) is 0 Å². The highest BCUT2D eigenvalue weighted by atomic mass is 16.5. The summed E-state index contributed by atoms with van der Waals surface area (Å²) in [4.78, 5) is 29.5. The third kappa shape index (κ3) is 4.22. The number of guanidine groups is 1. The van der Waals surface area contributed by atoms with Crippen LogP contribution >= 0.6 is 0 Å². The van der Waals surface area contributed by atoms with Crippen LogP contribution in [0.15, 0.2) is 59.6 Å². The number of nitrogens with zero attached hydrogens (tertiary/aromatic N) is 1. The number of aliphatic imine (C=N–C) groups is 1. The molecule has 0 bridgehead atoms. The maximum absolute atomic E-state index is 12.7. The van der Waals surface area contributed by atoms with Crippen molar-refractivity contribution in [3.05, 3.63) is 71.3 Å². The molecule has 5 N–H and O–H groups in total. The molecule has 32 heavy (non-hydrogen) atoms. The lowest BCUT2D eigenvalue weighted by atomic mass is 10.0. The number of nitrogens with two attached hydrogens (primary N) is 1. The molecule has 1 aliphatic heterocycles. The first kappa shape index (κ1) is 20.9. The Bertz CT molecular complexity index is 1250. The first-order chi connectivity index (χ1) is 15.5. The van der Waals surface area contributed by atoms with E-state index in [-0.39, 0.29) is 17.1 Å². The van der Waals surface area contributed by atoms with Crippen molar-refractivity contribution in [1.82, 2.24) is 5.32 Å². The van der Waals surface area contributed by atoms with Crippen LogP contribution in [0.1, 0.15) is 26.3 Å². The highest BCUT2D eigenvalue weighted by Gasteiger charge is 2.21. The van der Waals surface area contributed by atoms with E-state index in [0.29, 0.717) is 27.9 Å². The third-order valence-electron chi connectivity index (χ3n) is 4.94. The lowest BCUT2D eigenvalue weighted by Gasteiger charge is -2.13. The first-order valence-electron chi connectivity index (χ1n) is 9.83. The van der Waals surface area contributed by atoms with Crippen molar-refractivity contribution in [2.24, 2.45) is 10.7 Å². The van der Waals surface area contributed by atoms with Crippen molar-refractivity contribution in [2.75, 3.05) is 25.5 Å². The van der Waals surface area contributed by atoms with Crippen LogP contribution in [0.3, 0.4) is 0 Å². The van der Waals surface area contributed by atoms with Crippen LogP contribution in [0.4, 0.5) is 5.69 Å². The van der Waals surface area contributed by atoms with Crippen LogP contribution in [-0.4, -0.2) is 43.9 Å². The second-order valence-corrected chi connectivity index (χ2v) is 7.03. The average molecular weight is 431 g/mol. The van der Waals surface area contributed by atoms with Crippen molar-refractivity contribution in [2.45, 2.75) is 0 Å². The Kier molecular flexibility index (Phi) is 5.71. The van der Waals surface area contributed by atoms with Gasteiger partial charge in [-0.05, 0) is 41.8 Å². The predicted octanol–water partition coefficient (Wildman–Crippen LogP) is 2.50. The Morgan fingerprint density at radius 1 is 1.06 bits per heavy atom. The summed E-state index contributed by atoms with van der Waals surface area (Å²) in [7, 11) is 1.26. The fourth-order valence-electron chi connectivity index (χ4n) is 3.34. The minimum Gasteiger partial charge on any atom is -0.465 e. The number of nitrogens with one attached hydrogen (secondary N) is 3. The second kappa shape index (κ2) is 8.76. The minimum atomic E-state index is -0.640. The number of amidine groups is 1. The number of anilines is 1. The van der Waals surface area contributed by atoms with E-state index >= 15 is 0 Å². The van der Waals surface area contributed by atoms with Crippen LogP contribution in [-0.2, 0) is 4.74 Å². The van der Waals surface area contributed by atoms with Gasteiger partial charge in [-0.3, -0.25) is 10.4 Å². The summed E-state index contributed by atoms with van der Waals surface area (Å²) in [6.07, 6.45) is 0. The third-order valence-corrected chi connectivity index (χ3v) is 4.94. The summed E-state index contributed by atoms with van der Waals surface area (Å²) >= 11 is 0. The molecule has 0 aliphatic carbocycles. The van der Waals surface area contributed by atoms with Crippen LogP contribution in [0, 0.1) is 5.41 Å². The van der Waals surface area contributed by atoms with Crippen molar-refractivity contribution in [3.8, 4) is 5.75 Å². The number of hydrogen-bond acceptors (Lipinski definition) is 8. The van der Waals surface area contributed by atoms with Gasteiger partial charge in [-0.15, -0.1) is 0 Å². The molecular weight excluding hydrogens is 410 g/mol. The molecule has 0 saturated heterocycles. The molecule has 162 valence electrons. The fourth-order valence-corrected chi connectivity index (χ4v) is 3.34. The molecule has 0 saturated carbocycles. The number of nitrogen functional groups attached to an aromatic ring is 1. The Balaban J connectivity index is 1.61. The number of carbonyl (C=O) groups excluding carboxylic acids is 2. The number of benzene rings is 3. The van der Waals surface area contributed by atoms with Crippen molar-refractivity contribution >= 4 is 40.2 Å². The SMILES string of the molecule is COC(=O)c1c(OC(=O)c2ccc(NC3=NCCN3)cc2)ccc2cc(C(=N)N)ccc12. The van der Waals surface area contributed by atoms with E-state index in [2.05, 4.69) is 15.6 Å². The van der Waals surface area contributed by atoms with Gasteiger partial charge in [0.1, 0.15) is 17.1 Å². The van der Waals surface area contributed by atoms with Gasteiger partial charge in [0, 0.05) is 23.2 Å². The van der Waals surface area contributed by atoms with Gasteiger partial charge in [-0.1, -0.05) is 18.2 Å². The summed E-state index contributed by atoms with van der Waals surface area (Å²) < 4.78 is 10.5. The molecule has 3 aromatic rings. The average Bonchev–Trinajstić information content (AvgIpc) is 3.31. The van der Waals surface area contributed by atoms with Gasteiger partial charge in [0.25, 0.3) is 0 Å². The lowest BCUT2D eigenvalue weighted by Crippen LogP contribution is -2.26. The van der Waals surface area contributed by atoms with E-state index in [1.54, 1.807) is 48.5 Å². The van der Waals surface area contributed by atoms with Crippen molar-refractivity contribution < 1.29 is 19.1 Å². The zero-order chi connectivity index (χ0) is 22.7. The van der Waals surface area contributed by atoms with E-state index < -0.39 is 11.9 Å². The van der Waals surface area contributed by atoms with Crippen LogP contribution in [0.2, 0.25) is 0 Å². The number of ether oxygens (including phenoxy) is 2. The monoisotopic (exact) mass is 431 g/mol. The van der Waals surface area contributed by atoms with Gasteiger partial charge in [0.05, 0.1) is 19.2 Å². The second-order valence-electron chi connectivity index (χ2n) is 7.03.